The first kappa shape index (κ1) is 14.0. The van der Waals surface area contributed by atoms with Crippen molar-refractivity contribution in [1.29, 1.82) is 0 Å². The summed E-state index contributed by atoms with van der Waals surface area (Å²) in [4.78, 5) is 19.9. The highest BCUT2D eigenvalue weighted by molar-refractivity contribution is 5.87. The summed E-state index contributed by atoms with van der Waals surface area (Å²) in [5, 5.41) is 26.3. The zero-order valence-corrected chi connectivity index (χ0v) is 8.37. The summed E-state index contributed by atoms with van der Waals surface area (Å²) in [6, 6.07) is 4.70. The van der Waals surface area contributed by atoms with Crippen LogP contribution in [0.15, 0.2) is 24.3 Å². The van der Waals surface area contributed by atoms with Crippen LogP contribution in [0, 0.1) is 10.1 Å². The summed E-state index contributed by atoms with van der Waals surface area (Å²) < 4.78 is 0. The van der Waals surface area contributed by atoms with E-state index in [2.05, 4.69) is 0 Å². The van der Waals surface area contributed by atoms with Crippen LogP contribution in [0.3, 0.4) is 0 Å². The molecule has 0 spiro atoms. The van der Waals surface area contributed by atoms with Gasteiger partial charge in [0.2, 0.25) is 0 Å². The first-order valence-corrected chi connectivity index (χ1v) is 4.31. The third kappa shape index (κ3) is 5.03. The van der Waals surface area contributed by atoms with Crippen molar-refractivity contribution in [2.45, 2.75) is 0 Å². The molecule has 0 heterocycles. The van der Waals surface area contributed by atoms with Gasteiger partial charge in [-0.05, 0) is 12.1 Å². The summed E-state index contributed by atoms with van der Waals surface area (Å²) in [7, 11) is 0. The fraction of sp³-hybridized carbons (Fsp3) is 0.222. The van der Waals surface area contributed by atoms with E-state index in [-0.39, 0.29) is 17.9 Å². The number of rotatable bonds is 3. The maximum absolute atomic E-state index is 10.3. The maximum atomic E-state index is 10.3. The van der Waals surface area contributed by atoms with Crippen LogP contribution in [0.2, 0.25) is 0 Å². The minimum absolute atomic E-state index is 0.0422. The lowest BCUT2D eigenvalue weighted by molar-refractivity contribution is -0.384. The molecule has 0 aliphatic rings. The van der Waals surface area contributed by atoms with Crippen molar-refractivity contribution >= 4 is 11.7 Å². The number of hydrogen-bond acceptors (Lipinski definition) is 5. The van der Waals surface area contributed by atoms with Crippen LogP contribution in [0.1, 0.15) is 10.4 Å². The van der Waals surface area contributed by atoms with Gasteiger partial charge in [0.1, 0.15) is 0 Å². The Hall–Kier alpha value is -1.99. The van der Waals surface area contributed by atoms with Gasteiger partial charge < -0.3 is 15.9 Å². The normalized spacial score (nSPS) is 8.88. The molecular weight excluding hydrogens is 216 g/mol. The number of nitro benzene ring substituents is 1. The van der Waals surface area contributed by atoms with Crippen LogP contribution < -0.4 is 5.73 Å². The minimum atomic E-state index is -1.09. The molecule has 16 heavy (non-hydrogen) atoms. The number of carboxylic acid groups (broad SMARTS) is 1. The van der Waals surface area contributed by atoms with Crippen LogP contribution in [-0.2, 0) is 0 Å². The van der Waals surface area contributed by atoms with E-state index in [1.165, 1.54) is 12.1 Å². The average Bonchev–Trinajstić information content (AvgIpc) is 2.29. The molecule has 1 rings (SSSR count). The fourth-order valence-electron chi connectivity index (χ4n) is 0.726. The molecule has 7 nitrogen and oxygen atoms in total. The topological polar surface area (TPSA) is 127 Å². The van der Waals surface area contributed by atoms with E-state index in [4.69, 9.17) is 15.9 Å². The molecule has 88 valence electrons. The number of hydrogen-bond donors (Lipinski definition) is 3. The number of aromatic carboxylic acids is 1. The maximum Gasteiger partial charge on any atom is 0.335 e. The predicted octanol–water partition coefficient (Wildman–Crippen LogP) is 0.230. The Morgan fingerprint density at radius 2 is 1.81 bits per heavy atom. The Bertz CT molecular complexity index is 314. The third-order valence-electron chi connectivity index (χ3n) is 1.45. The molecule has 1 aromatic rings. The minimum Gasteiger partial charge on any atom is -0.478 e. The summed E-state index contributed by atoms with van der Waals surface area (Å²) >= 11 is 0. The van der Waals surface area contributed by atoms with Crippen molar-refractivity contribution in [2.24, 2.45) is 5.73 Å². The summed E-state index contributed by atoms with van der Waals surface area (Å²) in [6.07, 6.45) is 0. The second kappa shape index (κ2) is 7.32. The van der Waals surface area contributed by atoms with Gasteiger partial charge in [-0.25, -0.2) is 4.79 Å². The molecule has 0 aliphatic heterocycles. The largest absolute Gasteiger partial charge is 0.478 e. The van der Waals surface area contributed by atoms with Crippen molar-refractivity contribution < 1.29 is 19.9 Å². The average molecular weight is 228 g/mol. The number of nitrogens with two attached hydrogens (primary N) is 1. The van der Waals surface area contributed by atoms with E-state index >= 15 is 0 Å². The molecule has 0 unspecified atom stereocenters. The first-order valence-electron chi connectivity index (χ1n) is 4.31. The van der Waals surface area contributed by atoms with Crippen molar-refractivity contribution in [3.8, 4) is 0 Å². The van der Waals surface area contributed by atoms with Crippen LogP contribution in [0.5, 0.6) is 0 Å². The Balaban J connectivity index is 0.000000487. The predicted molar refractivity (Wildman–Crippen MR) is 56.2 cm³/mol. The highest BCUT2D eigenvalue weighted by atomic mass is 16.6. The van der Waals surface area contributed by atoms with Gasteiger partial charge in [0.25, 0.3) is 5.69 Å². The Kier molecular flexibility index (Phi) is 6.41. The van der Waals surface area contributed by atoms with Crippen LogP contribution in [0.25, 0.3) is 0 Å². The van der Waals surface area contributed by atoms with Gasteiger partial charge in [-0.15, -0.1) is 0 Å². The number of carboxylic acids is 1. The molecule has 0 atom stereocenters. The molecule has 7 heteroatoms. The summed E-state index contributed by atoms with van der Waals surface area (Å²) in [5.74, 6) is -1.09. The Morgan fingerprint density at radius 1 is 1.38 bits per heavy atom. The summed E-state index contributed by atoms with van der Waals surface area (Å²) in [6.45, 7) is 0.472. The van der Waals surface area contributed by atoms with Crippen LogP contribution >= 0.6 is 0 Å². The zero-order chi connectivity index (χ0) is 12.6. The molecule has 0 amide bonds. The smallest absolute Gasteiger partial charge is 0.335 e. The molecular formula is C9H12N2O5. The van der Waals surface area contributed by atoms with Gasteiger partial charge in [-0.2, -0.15) is 0 Å². The van der Waals surface area contributed by atoms with E-state index in [0.717, 1.165) is 12.1 Å². The highest BCUT2D eigenvalue weighted by Gasteiger charge is 2.06. The lowest BCUT2D eigenvalue weighted by atomic mass is 10.2. The molecule has 0 aliphatic carbocycles. The second-order valence-corrected chi connectivity index (χ2v) is 2.62. The van der Waals surface area contributed by atoms with Gasteiger partial charge in [0.05, 0.1) is 17.1 Å². The number of nitrogens with zero attached hydrogens (tertiary/aromatic N) is 1. The van der Waals surface area contributed by atoms with Crippen molar-refractivity contribution in [1.82, 2.24) is 0 Å². The van der Waals surface area contributed by atoms with Crippen LogP contribution in [0.4, 0.5) is 5.69 Å². The monoisotopic (exact) mass is 228 g/mol. The fourth-order valence-corrected chi connectivity index (χ4v) is 0.726. The van der Waals surface area contributed by atoms with Gasteiger partial charge in [-0.3, -0.25) is 10.1 Å². The molecule has 0 saturated carbocycles. The molecule has 0 fully saturated rings. The second-order valence-electron chi connectivity index (χ2n) is 2.62. The number of aliphatic hydroxyl groups is 1. The number of aliphatic hydroxyl groups excluding tert-OH is 1. The number of benzene rings is 1. The summed E-state index contributed by atoms with van der Waals surface area (Å²) in [5.41, 5.74) is 4.71. The molecule has 0 saturated heterocycles. The molecule has 1 aromatic carbocycles. The van der Waals surface area contributed by atoms with Crippen LogP contribution in [-0.4, -0.2) is 34.3 Å². The molecule has 0 bridgehead atoms. The van der Waals surface area contributed by atoms with Crippen molar-refractivity contribution in [3.63, 3.8) is 0 Å². The van der Waals surface area contributed by atoms with E-state index in [9.17, 15) is 14.9 Å². The van der Waals surface area contributed by atoms with Gasteiger partial charge in [0, 0.05) is 18.7 Å². The Labute approximate surface area is 91.3 Å². The molecule has 4 N–H and O–H groups in total. The first-order chi connectivity index (χ1) is 7.52. The lowest BCUT2D eigenvalue weighted by Crippen LogP contribution is -2.02. The van der Waals surface area contributed by atoms with Crippen molar-refractivity contribution in [2.75, 3.05) is 13.2 Å². The zero-order valence-electron chi connectivity index (χ0n) is 8.37. The lowest BCUT2D eigenvalue weighted by Gasteiger charge is -1.92. The molecule has 0 radical (unpaired) electrons. The quantitative estimate of drug-likeness (QED) is 0.502. The number of carbonyl (C=O) groups is 1. The van der Waals surface area contributed by atoms with E-state index < -0.39 is 10.9 Å². The van der Waals surface area contributed by atoms with Crippen molar-refractivity contribution in [3.05, 3.63) is 39.9 Å². The van der Waals surface area contributed by atoms with Gasteiger partial charge in [0.15, 0.2) is 0 Å². The van der Waals surface area contributed by atoms with E-state index in [1.54, 1.807) is 0 Å². The van der Waals surface area contributed by atoms with E-state index in [0.29, 0.717) is 6.54 Å². The highest BCUT2D eigenvalue weighted by Crippen LogP contribution is 2.11. The van der Waals surface area contributed by atoms with E-state index in [1.807, 2.05) is 0 Å². The van der Waals surface area contributed by atoms with Gasteiger partial charge in [-0.1, -0.05) is 0 Å². The number of non-ortho nitro benzene ring substituents is 1. The Morgan fingerprint density at radius 3 is 2.06 bits per heavy atom. The standard InChI is InChI=1S/C7H5NO4.C2H7NO/c9-7(10)5-1-3-6(4-2-5)8(11)12;3-1-2-4/h1-4H,(H,9,10);4H,1-3H2. The number of nitro groups is 1. The molecule has 0 aromatic heterocycles. The van der Waals surface area contributed by atoms with Gasteiger partial charge >= 0.3 is 5.97 Å². The SMILES string of the molecule is NCCO.O=C(O)c1ccc([N+](=O)[O-])cc1. The third-order valence-corrected chi connectivity index (χ3v) is 1.45.